The highest BCUT2D eigenvalue weighted by atomic mass is 16.3. The summed E-state index contributed by atoms with van der Waals surface area (Å²) in [6.45, 7) is 0. The van der Waals surface area contributed by atoms with Crippen molar-refractivity contribution in [2.75, 3.05) is 0 Å². The van der Waals surface area contributed by atoms with Crippen LogP contribution in [0.1, 0.15) is 0 Å². The van der Waals surface area contributed by atoms with Crippen LogP contribution in [-0.4, -0.2) is 19.5 Å². The Labute approximate surface area is 409 Å². The van der Waals surface area contributed by atoms with Gasteiger partial charge in [-0.05, 0) is 94.5 Å². The summed E-state index contributed by atoms with van der Waals surface area (Å²) in [6, 6.07) is 76.5. The molecule has 334 valence electrons. The maximum atomic E-state index is 6.42. The Morgan fingerprint density at radius 2 is 0.819 bits per heavy atom. The van der Waals surface area contributed by atoms with E-state index in [0.717, 1.165) is 110 Å². The Morgan fingerprint density at radius 3 is 1.51 bits per heavy atom. The van der Waals surface area contributed by atoms with Gasteiger partial charge in [-0.2, -0.15) is 0 Å². The van der Waals surface area contributed by atoms with E-state index in [1.165, 1.54) is 32.3 Å². The first-order chi connectivity index (χ1) is 35.7. The average molecular weight is 921 g/mol. The topological polar surface area (TPSA) is 83.0 Å². The van der Waals surface area contributed by atoms with Crippen LogP contribution in [0, 0.1) is 0 Å². The average Bonchev–Trinajstić information content (AvgIpc) is 4.21. The molecule has 5 aromatic heterocycles. The normalized spacial score (nSPS) is 12.2. The van der Waals surface area contributed by atoms with Crippen LogP contribution in [0.25, 0.3) is 160 Å². The quantitative estimate of drug-likeness (QED) is 0.171. The second-order valence-electron chi connectivity index (χ2n) is 18.6. The van der Waals surface area contributed by atoms with Crippen LogP contribution in [0.4, 0.5) is 0 Å². The van der Waals surface area contributed by atoms with E-state index in [1.807, 2.05) is 72.8 Å². The molecule has 0 amide bonds. The molecule has 5 heterocycles. The number of hydrogen-bond acceptors (Lipinski definition) is 6. The lowest BCUT2D eigenvalue weighted by molar-refractivity contribution is 0.668. The van der Waals surface area contributed by atoms with Gasteiger partial charge >= 0.3 is 0 Å². The molecule has 7 heteroatoms. The third-order valence-electron chi connectivity index (χ3n) is 14.6. The summed E-state index contributed by atoms with van der Waals surface area (Å²) in [5.74, 6) is 1.61. The largest absolute Gasteiger partial charge is 0.456 e. The molecule has 7 nitrogen and oxygen atoms in total. The van der Waals surface area contributed by atoms with Crippen molar-refractivity contribution in [1.82, 2.24) is 19.5 Å². The van der Waals surface area contributed by atoms with E-state index < -0.39 is 0 Å². The van der Waals surface area contributed by atoms with Gasteiger partial charge in [0.1, 0.15) is 33.5 Å². The van der Waals surface area contributed by atoms with Gasteiger partial charge in [0.05, 0.1) is 16.7 Å². The van der Waals surface area contributed by atoms with Crippen LogP contribution in [0.15, 0.2) is 232 Å². The Hall–Kier alpha value is -9.85. The Balaban J connectivity index is 1.01. The van der Waals surface area contributed by atoms with Crippen LogP contribution >= 0.6 is 0 Å². The molecule has 16 rings (SSSR count). The van der Waals surface area contributed by atoms with Gasteiger partial charge in [0.25, 0.3) is 0 Å². The molecule has 0 bridgehead atoms. The van der Waals surface area contributed by atoms with Crippen molar-refractivity contribution in [1.29, 1.82) is 0 Å². The van der Waals surface area contributed by atoms with Gasteiger partial charge < -0.3 is 17.8 Å². The number of para-hydroxylation sites is 3. The summed E-state index contributed by atoms with van der Waals surface area (Å²) in [7, 11) is 0. The lowest BCUT2D eigenvalue weighted by Gasteiger charge is -2.17. The monoisotopic (exact) mass is 920 g/mol. The maximum absolute atomic E-state index is 6.42. The van der Waals surface area contributed by atoms with E-state index >= 15 is 0 Å². The van der Waals surface area contributed by atoms with E-state index in [2.05, 4.69) is 150 Å². The van der Waals surface area contributed by atoms with Crippen molar-refractivity contribution < 1.29 is 13.3 Å². The minimum atomic E-state index is 0.533. The molecule has 0 unspecified atom stereocenters. The number of furan rings is 3. The van der Waals surface area contributed by atoms with Gasteiger partial charge in [-0.25, -0.2) is 15.0 Å². The fourth-order valence-corrected chi connectivity index (χ4v) is 11.4. The molecule has 0 saturated heterocycles. The SMILES string of the molecule is c1ccc2cc3c(cc2c1)c1ccc2ccccc2c1n3-c1ccc(-c2nc(-c3cccc4oc5ccccc5c34)nc(-c3cccc4oc5ccccc5c34)n2)cc1-c1ccc2oc3ccccc3c2c1. The molecule has 0 aliphatic rings. The molecule has 0 spiro atoms. The number of rotatable bonds is 5. The molecule has 0 aliphatic carbocycles. The summed E-state index contributed by atoms with van der Waals surface area (Å²) in [5, 5.41) is 13.1. The van der Waals surface area contributed by atoms with Crippen molar-refractivity contribution in [3.63, 3.8) is 0 Å². The Kier molecular flexibility index (Phi) is 8.04. The van der Waals surface area contributed by atoms with E-state index in [-0.39, 0.29) is 0 Å². The summed E-state index contributed by atoms with van der Waals surface area (Å²) in [4.78, 5) is 16.3. The van der Waals surface area contributed by atoms with E-state index in [0.29, 0.717) is 17.5 Å². The molecule has 11 aromatic carbocycles. The smallest absolute Gasteiger partial charge is 0.164 e. The van der Waals surface area contributed by atoms with Crippen LogP contribution < -0.4 is 0 Å². The summed E-state index contributed by atoms with van der Waals surface area (Å²) in [5.41, 5.74) is 12.7. The van der Waals surface area contributed by atoms with Crippen LogP contribution in [-0.2, 0) is 0 Å². The Bertz CT molecular complexity index is 4820. The first kappa shape index (κ1) is 39.0. The zero-order chi connectivity index (χ0) is 47.0. The standard InChI is InChI=1S/C65H36N4O3/c1-2-15-39-36-53-50(33-38(39)14-1)44-30-27-37-13-3-4-16-42(37)62(44)69(53)52-31-28-41(35-49(52)40-29-32-57-51(34-40)43-17-5-8-22-54(43)70-57)63-66-64(47-20-11-25-58-60(47)45-18-6-9-23-55(45)71-58)68-65(67-63)48-21-12-26-59-61(48)46-19-7-10-24-56(46)72-59/h1-36H. The number of aromatic nitrogens is 4. The van der Waals surface area contributed by atoms with Crippen molar-refractivity contribution in [2.45, 2.75) is 0 Å². The summed E-state index contributed by atoms with van der Waals surface area (Å²) >= 11 is 0. The molecule has 0 fully saturated rings. The fourth-order valence-electron chi connectivity index (χ4n) is 11.4. The van der Waals surface area contributed by atoms with Crippen LogP contribution in [0.2, 0.25) is 0 Å². The molecule has 0 saturated carbocycles. The van der Waals surface area contributed by atoms with Crippen LogP contribution in [0.3, 0.4) is 0 Å². The van der Waals surface area contributed by atoms with Crippen molar-refractivity contribution in [2.24, 2.45) is 0 Å². The molecular weight excluding hydrogens is 885 g/mol. The number of fused-ring (bicyclic) bond motifs is 15. The Morgan fingerprint density at radius 1 is 0.292 bits per heavy atom. The lowest BCUT2D eigenvalue weighted by atomic mass is 9.98. The van der Waals surface area contributed by atoms with Gasteiger partial charge in [0, 0.05) is 70.7 Å². The van der Waals surface area contributed by atoms with Crippen molar-refractivity contribution >= 4 is 109 Å². The van der Waals surface area contributed by atoms with Crippen molar-refractivity contribution in [3.8, 4) is 51.0 Å². The zero-order valence-corrected chi connectivity index (χ0v) is 38.3. The van der Waals surface area contributed by atoms with Gasteiger partial charge in [0.15, 0.2) is 17.5 Å². The molecule has 0 radical (unpaired) electrons. The van der Waals surface area contributed by atoms with Crippen molar-refractivity contribution in [3.05, 3.63) is 218 Å². The second kappa shape index (κ2) is 14.8. The molecular formula is C65H36N4O3. The molecule has 72 heavy (non-hydrogen) atoms. The third kappa shape index (κ3) is 5.70. The number of nitrogens with zero attached hydrogens (tertiary/aromatic N) is 4. The first-order valence-corrected chi connectivity index (χ1v) is 24.2. The second-order valence-corrected chi connectivity index (χ2v) is 18.6. The van der Waals surface area contributed by atoms with E-state index in [9.17, 15) is 0 Å². The van der Waals surface area contributed by atoms with Gasteiger partial charge in [-0.3, -0.25) is 0 Å². The first-order valence-electron chi connectivity index (χ1n) is 24.2. The third-order valence-corrected chi connectivity index (χ3v) is 14.6. The summed E-state index contributed by atoms with van der Waals surface area (Å²) < 4.78 is 21.7. The number of hydrogen-bond donors (Lipinski definition) is 0. The van der Waals surface area contributed by atoms with Gasteiger partial charge in [-0.1, -0.05) is 146 Å². The zero-order valence-electron chi connectivity index (χ0n) is 38.3. The summed E-state index contributed by atoms with van der Waals surface area (Å²) in [6.07, 6.45) is 0. The molecule has 0 aliphatic heterocycles. The van der Waals surface area contributed by atoms with Gasteiger partial charge in [-0.15, -0.1) is 0 Å². The highest BCUT2D eigenvalue weighted by Crippen LogP contribution is 2.44. The van der Waals surface area contributed by atoms with Crippen LogP contribution in [0.5, 0.6) is 0 Å². The van der Waals surface area contributed by atoms with Gasteiger partial charge in [0.2, 0.25) is 0 Å². The predicted molar refractivity (Wildman–Crippen MR) is 293 cm³/mol. The van der Waals surface area contributed by atoms with E-state index in [1.54, 1.807) is 0 Å². The minimum absolute atomic E-state index is 0.533. The molecule has 16 aromatic rings. The molecule has 0 atom stereocenters. The highest BCUT2D eigenvalue weighted by Gasteiger charge is 2.24. The fraction of sp³-hybridized carbons (Fsp3) is 0. The lowest BCUT2D eigenvalue weighted by Crippen LogP contribution is -2.02. The molecule has 0 N–H and O–H groups in total. The predicted octanol–water partition coefficient (Wildman–Crippen LogP) is 17.6. The number of benzene rings is 11. The minimum Gasteiger partial charge on any atom is -0.456 e. The van der Waals surface area contributed by atoms with E-state index in [4.69, 9.17) is 28.2 Å². The maximum Gasteiger partial charge on any atom is 0.164 e. The highest BCUT2D eigenvalue weighted by molar-refractivity contribution is 6.21.